The fraction of sp³-hybridized carbons (Fsp3) is 0.344. The van der Waals surface area contributed by atoms with Gasteiger partial charge in [-0.05, 0) is 61.2 Å². The van der Waals surface area contributed by atoms with Crippen molar-refractivity contribution in [3.05, 3.63) is 102 Å². The van der Waals surface area contributed by atoms with Gasteiger partial charge < -0.3 is 10.1 Å². The molecule has 4 aromatic rings. The Kier molecular flexibility index (Phi) is 10.6. The molecule has 0 saturated carbocycles. The molecule has 0 aliphatic heterocycles. The third-order valence-electron chi connectivity index (χ3n) is 6.20. The minimum Gasteiger partial charge on any atom is -0.488 e. The van der Waals surface area contributed by atoms with E-state index in [2.05, 4.69) is 85.1 Å². The Balaban J connectivity index is 0.000000934. The standard InChI is InChI=1S/C28H29N5O.C4H10/c1-20(19-34-27-6-4-5-26-25(27)18-32-33-26)16-31-28(2,3)14-22-9-7-21(8-10-22)13-24-12-11-23(15-29)17-30-24;1-3-4-2/h4-12,17-18,31H,1,13-14,16,19H2,2-3H3,(H,32,33);3-4H2,1-2H3. The molecule has 0 bridgehead atoms. The van der Waals surface area contributed by atoms with Gasteiger partial charge in [0.25, 0.3) is 0 Å². The van der Waals surface area contributed by atoms with Crippen LogP contribution in [0.2, 0.25) is 0 Å². The first-order valence-corrected chi connectivity index (χ1v) is 13.2. The van der Waals surface area contributed by atoms with Crippen molar-refractivity contribution in [2.75, 3.05) is 13.2 Å². The normalized spacial score (nSPS) is 10.9. The van der Waals surface area contributed by atoms with Gasteiger partial charge in [0.15, 0.2) is 0 Å². The van der Waals surface area contributed by atoms with Gasteiger partial charge in [-0.2, -0.15) is 10.4 Å². The molecule has 0 unspecified atom stereocenters. The molecule has 6 heteroatoms. The van der Waals surface area contributed by atoms with Gasteiger partial charge in [0.2, 0.25) is 0 Å². The van der Waals surface area contributed by atoms with Crippen LogP contribution >= 0.6 is 0 Å². The van der Waals surface area contributed by atoms with Crippen molar-refractivity contribution in [1.29, 1.82) is 5.26 Å². The summed E-state index contributed by atoms with van der Waals surface area (Å²) in [5.41, 5.74) is 5.86. The summed E-state index contributed by atoms with van der Waals surface area (Å²) >= 11 is 0. The molecule has 38 heavy (non-hydrogen) atoms. The molecular formula is C32H39N5O. The summed E-state index contributed by atoms with van der Waals surface area (Å²) in [6.07, 6.45) is 7.68. The third kappa shape index (κ3) is 8.86. The summed E-state index contributed by atoms with van der Waals surface area (Å²) < 4.78 is 5.98. The van der Waals surface area contributed by atoms with E-state index in [1.165, 1.54) is 24.0 Å². The van der Waals surface area contributed by atoms with Crippen molar-refractivity contribution < 1.29 is 4.74 Å². The molecular weight excluding hydrogens is 470 g/mol. The van der Waals surface area contributed by atoms with Gasteiger partial charge in [0, 0.05) is 30.4 Å². The van der Waals surface area contributed by atoms with Crippen LogP contribution in [0.4, 0.5) is 0 Å². The number of hydrogen-bond acceptors (Lipinski definition) is 5. The summed E-state index contributed by atoms with van der Waals surface area (Å²) in [4.78, 5) is 4.36. The van der Waals surface area contributed by atoms with Crippen LogP contribution in [0.5, 0.6) is 5.75 Å². The lowest BCUT2D eigenvalue weighted by atomic mass is 9.93. The molecule has 0 spiro atoms. The maximum atomic E-state index is 8.90. The molecule has 4 rings (SSSR count). The molecule has 2 heterocycles. The second kappa shape index (κ2) is 14.1. The maximum Gasteiger partial charge on any atom is 0.130 e. The number of H-pyrrole nitrogens is 1. The molecule has 2 N–H and O–H groups in total. The summed E-state index contributed by atoms with van der Waals surface area (Å²) in [5.74, 6) is 0.808. The number of fused-ring (bicyclic) bond motifs is 1. The van der Waals surface area contributed by atoms with Crippen LogP contribution in [0.25, 0.3) is 10.9 Å². The highest BCUT2D eigenvalue weighted by Crippen LogP contribution is 2.24. The SMILES string of the molecule is C=C(CNC(C)(C)Cc1ccc(Cc2ccc(C#N)cn2)cc1)COc1cccc2[nH]ncc12.CCCC. The van der Waals surface area contributed by atoms with Crippen LogP contribution in [0.1, 0.15) is 62.9 Å². The second-order valence-electron chi connectivity index (χ2n) is 10.2. The molecule has 6 nitrogen and oxygen atoms in total. The van der Waals surface area contributed by atoms with Crippen molar-refractivity contribution in [2.24, 2.45) is 0 Å². The lowest BCUT2D eigenvalue weighted by Crippen LogP contribution is -2.42. The minimum atomic E-state index is -0.0935. The van der Waals surface area contributed by atoms with Crippen molar-refractivity contribution in [2.45, 2.75) is 58.9 Å². The molecule has 2 aromatic heterocycles. The fourth-order valence-corrected chi connectivity index (χ4v) is 3.81. The van der Waals surface area contributed by atoms with Crippen molar-refractivity contribution in [3.63, 3.8) is 0 Å². The first-order chi connectivity index (χ1) is 18.3. The van der Waals surface area contributed by atoms with E-state index in [1.807, 2.05) is 30.3 Å². The highest BCUT2D eigenvalue weighted by Gasteiger charge is 2.18. The van der Waals surface area contributed by atoms with Crippen LogP contribution in [-0.4, -0.2) is 33.9 Å². The van der Waals surface area contributed by atoms with E-state index in [-0.39, 0.29) is 5.54 Å². The van der Waals surface area contributed by atoms with E-state index in [1.54, 1.807) is 12.4 Å². The van der Waals surface area contributed by atoms with E-state index < -0.39 is 0 Å². The van der Waals surface area contributed by atoms with Gasteiger partial charge in [-0.15, -0.1) is 0 Å². The minimum absolute atomic E-state index is 0.0935. The van der Waals surface area contributed by atoms with Gasteiger partial charge in [-0.1, -0.05) is 63.6 Å². The summed E-state index contributed by atoms with van der Waals surface area (Å²) in [6.45, 7) is 14.1. The zero-order chi connectivity index (χ0) is 27.4. The van der Waals surface area contributed by atoms with Gasteiger partial charge >= 0.3 is 0 Å². The van der Waals surface area contributed by atoms with Crippen molar-refractivity contribution in [1.82, 2.24) is 20.5 Å². The molecule has 0 atom stereocenters. The van der Waals surface area contributed by atoms with Crippen LogP contribution in [0.3, 0.4) is 0 Å². The first-order valence-electron chi connectivity index (χ1n) is 13.2. The topological polar surface area (TPSA) is 86.6 Å². The van der Waals surface area contributed by atoms with E-state index in [0.29, 0.717) is 18.7 Å². The Labute approximate surface area is 226 Å². The van der Waals surface area contributed by atoms with E-state index >= 15 is 0 Å². The van der Waals surface area contributed by atoms with E-state index in [9.17, 15) is 0 Å². The number of ether oxygens (including phenoxy) is 1. The average Bonchev–Trinajstić information content (AvgIpc) is 3.42. The Bertz CT molecular complexity index is 1330. The number of nitrogens with one attached hydrogen (secondary N) is 2. The largest absolute Gasteiger partial charge is 0.488 e. The first kappa shape index (κ1) is 28.6. The smallest absolute Gasteiger partial charge is 0.130 e. The fourth-order valence-electron chi connectivity index (χ4n) is 3.81. The van der Waals surface area contributed by atoms with Crippen LogP contribution < -0.4 is 10.1 Å². The number of rotatable bonds is 11. The number of aromatic nitrogens is 3. The molecule has 0 aliphatic carbocycles. The number of nitrogens with zero attached hydrogens (tertiary/aromatic N) is 3. The lowest BCUT2D eigenvalue weighted by Gasteiger charge is -2.27. The molecule has 0 radical (unpaired) electrons. The second-order valence-corrected chi connectivity index (χ2v) is 10.2. The molecule has 0 amide bonds. The van der Waals surface area contributed by atoms with Gasteiger partial charge in [0.1, 0.15) is 18.4 Å². The number of benzene rings is 2. The monoisotopic (exact) mass is 509 g/mol. The van der Waals surface area contributed by atoms with Crippen LogP contribution in [0, 0.1) is 11.3 Å². The number of unbranched alkanes of at least 4 members (excludes halogenated alkanes) is 1. The molecule has 2 aromatic carbocycles. The van der Waals surface area contributed by atoms with Crippen molar-refractivity contribution in [3.8, 4) is 11.8 Å². The Morgan fingerprint density at radius 2 is 1.76 bits per heavy atom. The molecule has 0 fully saturated rings. The Hall–Kier alpha value is -3.95. The quantitative estimate of drug-likeness (QED) is 0.218. The van der Waals surface area contributed by atoms with E-state index in [4.69, 9.17) is 10.00 Å². The predicted molar refractivity (Wildman–Crippen MR) is 155 cm³/mol. The Morgan fingerprint density at radius 3 is 2.42 bits per heavy atom. The van der Waals surface area contributed by atoms with Crippen molar-refractivity contribution >= 4 is 10.9 Å². The summed E-state index contributed by atoms with van der Waals surface area (Å²) in [6, 6.07) is 20.3. The number of nitriles is 1. The number of pyridine rings is 1. The average molecular weight is 510 g/mol. The van der Waals surface area contributed by atoms with E-state index in [0.717, 1.165) is 40.8 Å². The zero-order valence-electron chi connectivity index (χ0n) is 23.1. The van der Waals surface area contributed by atoms with Gasteiger partial charge in [-0.3, -0.25) is 10.1 Å². The highest BCUT2D eigenvalue weighted by atomic mass is 16.5. The summed E-state index contributed by atoms with van der Waals surface area (Å²) in [5, 5.41) is 20.5. The van der Waals surface area contributed by atoms with Crippen LogP contribution in [-0.2, 0) is 12.8 Å². The lowest BCUT2D eigenvalue weighted by molar-refractivity contribution is 0.340. The predicted octanol–water partition coefficient (Wildman–Crippen LogP) is 6.77. The highest BCUT2D eigenvalue weighted by molar-refractivity contribution is 5.84. The zero-order valence-corrected chi connectivity index (χ0v) is 23.1. The van der Waals surface area contributed by atoms with Crippen LogP contribution in [0.15, 0.2) is 79.1 Å². The maximum absolute atomic E-state index is 8.90. The number of aromatic amines is 1. The molecule has 198 valence electrons. The summed E-state index contributed by atoms with van der Waals surface area (Å²) in [7, 11) is 0. The molecule has 0 aliphatic rings. The molecule has 0 saturated heterocycles. The number of hydrogen-bond donors (Lipinski definition) is 2. The van der Waals surface area contributed by atoms with Gasteiger partial charge in [-0.25, -0.2) is 0 Å². The third-order valence-corrected chi connectivity index (χ3v) is 6.20. The Morgan fingerprint density at radius 1 is 1.03 bits per heavy atom. The van der Waals surface area contributed by atoms with Gasteiger partial charge in [0.05, 0.1) is 22.7 Å².